The normalized spacial score (nSPS) is 26.9. The molecule has 0 radical (unpaired) electrons. The van der Waals surface area contributed by atoms with Crippen molar-refractivity contribution in [2.75, 3.05) is 55.9 Å². The fourth-order valence-corrected chi connectivity index (χ4v) is 10.7. The highest BCUT2D eigenvalue weighted by Crippen LogP contribution is 2.26. The van der Waals surface area contributed by atoms with E-state index in [1.54, 1.807) is 54.5 Å². The van der Waals surface area contributed by atoms with Crippen LogP contribution < -0.4 is 21.3 Å². The maximum absolute atomic E-state index is 15.1. The Balaban J connectivity index is 4.32. The lowest BCUT2D eigenvalue weighted by molar-refractivity contribution is -0.157. The Morgan fingerprint density at radius 1 is 0.459 bits per heavy atom. The van der Waals surface area contributed by atoms with Crippen molar-refractivity contribution in [2.45, 2.75) is 223 Å². The lowest BCUT2D eigenvalue weighted by atomic mass is 9.91. The number of likely N-dealkylation sites (N-methyl/N-ethyl adjacent to an activating group) is 7. The van der Waals surface area contributed by atoms with Gasteiger partial charge in [0.2, 0.25) is 65.0 Å². The highest BCUT2D eigenvalue weighted by Gasteiger charge is 2.45. The van der Waals surface area contributed by atoms with E-state index in [0.29, 0.717) is 6.42 Å². The molecular formula is C62H111N11O12. The zero-order valence-electron chi connectivity index (χ0n) is 56.1. The number of carbonyl (C=O) groups is 11. The molecule has 1 unspecified atom stereocenters. The highest BCUT2D eigenvalue weighted by molar-refractivity contribution is 5.99. The molecule has 5 N–H and O–H groups in total. The number of amides is 11. The lowest BCUT2D eigenvalue weighted by Gasteiger charge is -2.41. The van der Waals surface area contributed by atoms with Gasteiger partial charge in [0.25, 0.3) is 0 Å². The Bertz CT molecular complexity index is 2330. The van der Waals surface area contributed by atoms with Crippen molar-refractivity contribution >= 4 is 65.0 Å². The molecule has 0 saturated carbocycles. The van der Waals surface area contributed by atoms with Crippen LogP contribution in [-0.2, 0) is 52.7 Å². The summed E-state index contributed by atoms with van der Waals surface area (Å²) in [5.74, 6) is -9.71. The predicted molar refractivity (Wildman–Crippen MR) is 328 cm³/mol. The molecule has 12 atom stereocenters. The number of nitrogens with zero attached hydrogens (tertiary/aromatic N) is 7. The zero-order chi connectivity index (χ0) is 66.0. The van der Waals surface area contributed by atoms with Gasteiger partial charge in [-0.2, -0.15) is 0 Å². The first kappa shape index (κ1) is 76.9. The smallest absolute Gasteiger partial charge is 0.246 e. The van der Waals surface area contributed by atoms with E-state index in [1.165, 1.54) is 87.7 Å². The molecule has 0 aromatic heterocycles. The third-order valence-corrected chi connectivity index (χ3v) is 16.1. The van der Waals surface area contributed by atoms with Gasteiger partial charge < -0.3 is 60.7 Å². The fraction of sp³-hybridized carbons (Fsp3) is 0.790. The summed E-state index contributed by atoms with van der Waals surface area (Å²) in [5, 5.41) is 23.1. The first-order valence-corrected chi connectivity index (χ1v) is 30.6. The number of nitrogens with one attached hydrogen (secondary N) is 4. The van der Waals surface area contributed by atoms with E-state index < -0.39 is 156 Å². The second kappa shape index (κ2) is 34.9. The topological polar surface area (TPSA) is 279 Å². The molecule has 1 rings (SSSR count). The molecule has 0 aliphatic carbocycles. The Morgan fingerprint density at radius 3 is 1.32 bits per heavy atom. The summed E-state index contributed by atoms with van der Waals surface area (Å²) in [6.45, 7) is 29.3. The Labute approximate surface area is 508 Å². The molecule has 85 heavy (non-hydrogen) atoms. The van der Waals surface area contributed by atoms with Crippen LogP contribution in [0.2, 0.25) is 0 Å². The van der Waals surface area contributed by atoms with E-state index in [2.05, 4.69) is 21.3 Å². The number of aliphatic hydroxyl groups is 1. The van der Waals surface area contributed by atoms with Crippen LogP contribution in [0.15, 0.2) is 12.2 Å². The molecule has 0 aromatic rings. The number of aliphatic hydroxyl groups excluding tert-OH is 1. The molecule has 486 valence electrons. The number of hydrogen-bond donors (Lipinski definition) is 5. The Morgan fingerprint density at radius 2 is 0.871 bits per heavy atom. The van der Waals surface area contributed by atoms with Crippen molar-refractivity contribution in [3.8, 4) is 0 Å². The van der Waals surface area contributed by atoms with Crippen LogP contribution in [0.25, 0.3) is 0 Å². The molecule has 1 aliphatic rings. The first-order valence-electron chi connectivity index (χ1n) is 30.6. The van der Waals surface area contributed by atoms with Gasteiger partial charge in [-0.05, 0) is 101 Å². The van der Waals surface area contributed by atoms with Gasteiger partial charge in [-0.15, -0.1) is 0 Å². The highest BCUT2D eigenvalue weighted by atomic mass is 16.3. The summed E-state index contributed by atoms with van der Waals surface area (Å²) in [6.07, 6.45) is 3.04. The number of rotatable bonds is 15. The van der Waals surface area contributed by atoms with Crippen molar-refractivity contribution in [1.82, 2.24) is 55.6 Å². The first-order chi connectivity index (χ1) is 39.2. The molecule has 1 saturated heterocycles. The molecule has 23 nitrogen and oxygen atoms in total. The van der Waals surface area contributed by atoms with Crippen LogP contribution in [0.4, 0.5) is 0 Å². The standard InChI is InChI=1S/C62H111N11O12/c1-25-27-28-40(15)52(75)51-56(79)65-43(26-2)58(81)67(18)33-48(74)68(19)44(29-34(3)4)55(78)66-49(38(11)12)61(84)69(20)45(30-35(5)6)54(77)63-41(16)53(76)64-42(17)57(80)70(21)46(31-36(7)8)59(82)71(22)47(32-37(9)10)60(83)72(23)50(39(13)14)62(85)73(51)24/h25,27,34-47,49-52,75H,26,28-33H2,1-24H3,(H,63,77)(H,64,76)(H,65,79)(H,66,78)/t40-,41+,42?,43+,44+,45+,46+,47+,49+,50+,51+,52-/m1/s1. The van der Waals surface area contributed by atoms with Crippen molar-refractivity contribution in [2.24, 2.45) is 41.4 Å². The number of hydrogen-bond acceptors (Lipinski definition) is 12. The number of allylic oxidation sites excluding steroid dienone is 2. The largest absolute Gasteiger partial charge is 0.390 e. The maximum atomic E-state index is 15.1. The van der Waals surface area contributed by atoms with Crippen LogP contribution in [-0.4, -0.2) is 227 Å². The van der Waals surface area contributed by atoms with E-state index in [0.717, 1.165) is 9.80 Å². The average molecular weight is 1200 g/mol. The van der Waals surface area contributed by atoms with Crippen molar-refractivity contribution in [1.29, 1.82) is 0 Å². The fourth-order valence-electron chi connectivity index (χ4n) is 10.7. The van der Waals surface area contributed by atoms with E-state index >= 15 is 9.59 Å². The Hall–Kier alpha value is -6.13. The minimum Gasteiger partial charge on any atom is -0.390 e. The quantitative estimate of drug-likeness (QED) is 0.148. The van der Waals surface area contributed by atoms with Gasteiger partial charge in [-0.1, -0.05) is 109 Å². The van der Waals surface area contributed by atoms with Gasteiger partial charge in [0.15, 0.2) is 0 Å². The van der Waals surface area contributed by atoms with Gasteiger partial charge in [0.05, 0.1) is 12.6 Å². The zero-order valence-corrected chi connectivity index (χ0v) is 56.1. The van der Waals surface area contributed by atoms with Crippen molar-refractivity contribution in [3.05, 3.63) is 12.2 Å². The SMILES string of the molecule is CC=CC[C@@H](C)[C@@H](O)[C@H]1C(=O)N[C@@H](CC)C(=O)N(C)CC(=O)N(C)[C@@H](CC(C)C)C(=O)N[C@@H](C(C)C)C(=O)N(C)[C@@H](CC(C)C)C(=O)N[C@@H](C)C(=O)NC(C)C(=O)N(C)[C@@H](CC(C)C)C(=O)N(C)[C@@H](CC(C)C)C(=O)N(C)[C@@H](C(C)C)C(=O)N1C. The molecule has 1 heterocycles. The van der Waals surface area contributed by atoms with E-state index in [-0.39, 0.29) is 55.8 Å². The van der Waals surface area contributed by atoms with Crippen LogP contribution >= 0.6 is 0 Å². The lowest BCUT2D eigenvalue weighted by Crippen LogP contribution is -2.63. The second-order valence-corrected chi connectivity index (χ2v) is 26.1. The third-order valence-electron chi connectivity index (χ3n) is 16.1. The van der Waals surface area contributed by atoms with Gasteiger partial charge in [0, 0.05) is 49.3 Å². The second-order valence-electron chi connectivity index (χ2n) is 26.1. The van der Waals surface area contributed by atoms with E-state index in [9.17, 15) is 48.3 Å². The molecule has 11 amide bonds. The molecule has 0 bridgehead atoms. The summed E-state index contributed by atoms with van der Waals surface area (Å²) in [6, 6.07) is -12.3. The summed E-state index contributed by atoms with van der Waals surface area (Å²) in [5.41, 5.74) is 0. The molecule has 1 aliphatic heterocycles. The molecule has 0 spiro atoms. The van der Waals surface area contributed by atoms with Crippen LogP contribution in [0, 0.1) is 41.4 Å². The summed E-state index contributed by atoms with van der Waals surface area (Å²) in [7, 11) is 9.92. The van der Waals surface area contributed by atoms with Crippen molar-refractivity contribution in [3.63, 3.8) is 0 Å². The Kier molecular flexibility index (Phi) is 31.5. The summed E-state index contributed by atoms with van der Waals surface area (Å²) < 4.78 is 0. The third kappa shape index (κ3) is 21.7. The van der Waals surface area contributed by atoms with Gasteiger partial charge in [0.1, 0.15) is 60.4 Å². The predicted octanol–water partition coefficient (Wildman–Crippen LogP) is 3.27. The van der Waals surface area contributed by atoms with Crippen LogP contribution in [0.5, 0.6) is 0 Å². The maximum Gasteiger partial charge on any atom is 0.246 e. The van der Waals surface area contributed by atoms with E-state index in [1.807, 2.05) is 61.5 Å². The van der Waals surface area contributed by atoms with E-state index in [4.69, 9.17) is 0 Å². The average Bonchev–Trinajstić information content (AvgIpc) is 3.62. The molecule has 1 fully saturated rings. The number of carbonyl (C=O) groups excluding carboxylic acids is 11. The van der Waals surface area contributed by atoms with Gasteiger partial charge >= 0.3 is 0 Å². The minimum absolute atomic E-state index is 0.0229. The summed E-state index contributed by atoms with van der Waals surface area (Å²) in [4.78, 5) is 169. The van der Waals surface area contributed by atoms with Gasteiger partial charge in [-0.25, -0.2) is 0 Å². The molecule has 23 heteroatoms. The molecule has 0 aromatic carbocycles. The van der Waals surface area contributed by atoms with Crippen LogP contribution in [0.3, 0.4) is 0 Å². The van der Waals surface area contributed by atoms with Crippen LogP contribution in [0.1, 0.15) is 156 Å². The minimum atomic E-state index is -1.61. The van der Waals surface area contributed by atoms with Crippen molar-refractivity contribution < 1.29 is 57.8 Å². The van der Waals surface area contributed by atoms with Gasteiger partial charge in [-0.3, -0.25) is 52.7 Å². The summed E-state index contributed by atoms with van der Waals surface area (Å²) >= 11 is 0. The monoisotopic (exact) mass is 1200 g/mol. The molecular weight excluding hydrogens is 1090 g/mol.